The van der Waals surface area contributed by atoms with Gasteiger partial charge in [0.15, 0.2) is 0 Å². The number of benzene rings is 2. The summed E-state index contributed by atoms with van der Waals surface area (Å²) >= 11 is 0. The topological polar surface area (TPSA) is 52.6 Å². The summed E-state index contributed by atoms with van der Waals surface area (Å²) in [4.78, 5) is 25.0. The highest BCUT2D eigenvalue weighted by atomic mass is 16.5. The monoisotopic (exact) mass is 418 g/mol. The van der Waals surface area contributed by atoms with Crippen LogP contribution in [-0.4, -0.2) is 11.9 Å². The number of carbonyl (C=O) groups excluding carboxylic acids is 2. The summed E-state index contributed by atoms with van der Waals surface area (Å²) in [5.74, 6) is 0.139. The zero-order valence-electron chi connectivity index (χ0n) is 18.4. The van der Waals surface area contributed by atoms with Crippen molar-refractivity contribution in [3.05, 3.63) is 77.9 Å². The lowest BCUT2D eigenvalue weighted by molar-refractivity contribution is -0.166. The summed E-state index contributed by atoms with van der Waals surface area (Å²) in [5.41, 5.74) is 2.77. The molecule has 0 spiro atoms. The molecule has 0 heterocycles. The number of fused-ring (bicyclic) bond motifs is 3. The highest BCUT2D eigenvalue weighted by Crippen LogP contribution is 2.58. The molecule has 4 rings (SSSR count). The Labute approximate surface area is 184 Å². The van der Waals surface area contributed by atoms with Crippen molar-refractivity contribution in [1.82, 2.24) is 0 Å². The molecule has 4 heteroatoms. The molecule has 0 N–H and O–H groups in total. The van der Waals surface area contributed by atoms with Gasteiger partial charge in [0.05, 0.1) is 5.41 Å². The first-order valence-corrected chi connectivity index (χ1v) is 11.1. The lowest BCUT2D eigenvalue weighted by Crippen LogP contribution is -2.52. The molecule has 2 aliphatic rings. The first-order valence-electron chi connectivity index (χ1n) is 11.1. The van der Waals surface area contributed by atoms with Gasteiger partial charge in [0.1, 0.15) is 12.4 Å². The van der Waals surface area contributed by atoms with Crippen LogP contribution in [0.15, 0.2) is 61.2 Å². The second-order valence-corrected chi connectivity index (χ2v) is 9.29. The van der Waals surface area contributed by atoms with Crippen LogP contribution in [0.5, 0.6) is 5.75 Å². The minimum absolute atomic E-state index is 0.107. The van der Waals surface area contributed by atoms with E-state index in [1.807, 2.05) is 42.5 Å². The minimum Gasteiger partial charge on any atom is -0.460 e. The van der Waals surface area contributed by atoms with Crippen molar-refractivity contribution in [1.29, 1.82) is 0 Å². The number of aryl methyl sites for hydroxylation is 1. The van der Waals surface area contributed by atoms with Crippen LogP contribution in [0.2, 0.25) is 0 Å². The van der Waals surface area contributed by atoms with Gasteiger partial charge >= 0.3 is 11.9 Å². The van der Waals surface area contributed by atoms with E-state index in [0.29, 0.717) is 12.4 Å². The molecule has 2 aliphatic carbocycles. The Kier molecular flexibility index (Phi) is 5.74. The maximum absolute atomic E-state index is 13.4. The van der Waals surface area contributed by atoms with E-state index in [4.69, 9.17) is 9.47 Å². The van der Waals surface area contributed by atoms with E-state index < -0.39 is 11.4 Å². The molecule has 0 saturated heterocycles. The lowest BCUT2D eigenvalue weighted by atomic mass is 9.50. The third kappa shape index (κ3) is 3.91. The van der Waals surface area contributed by atoms with Crippen molar-refractivity contribution in [2.24, 2.45) is 11.3 Å². The molecule has 31 heavy (non-hydrogen) atoms. The summed E-state index contributed by atoms with van der Waals surface area (Å²) in [7, 11) is 0. The van der Waals surface area contributed by atoms with Crippen LogP contribution in [0.1, 0.15) is 56.2 Å². The summed E-state index contributed by atoms with van der Waals surface area (Å²) in [6.45, 7) is 8.12. The third-order valence-corrected chi connectivity index (χ3v) is 7.39. The van der Waals surface area contributed by atoms with Gasteiger partial charge in [-0.3, -0.25) is 4.79 Å². The molecule has 0 radical (unpaired) electrons. The van der Waals surface area contributed by atoms with Crippen LogP contribution in [0, 0.1) is 11.3 Å². The SMILES string of the molecule is C=CC(=O)Oc1ccc2c(c1)[C@@]1(C)CCC[C@](C)(C(=O)OCc3ccccc3)[C@@H]1CC2. The van der Waals surface area contributed by atoms with E-state index in [2.05, 4.69) is 26.5 Å². The van der Waals surface area contributed by atoms with Crippen LogP contribution in [0.3, 0.4) is 0 Å². The van der Waals surface area contributed by atoms with E-state index in [-0.39, 0.29) is 17.3 Å². The number of carbonyl (C=O) groups is 2. The van der Waals surface area contributed by atoms with Gasteiger partial charge in [-0.15, -0.1) is 0 Å². The van der Waals surface area contributed by atoms with Crippen LogP contribution < -0.4 is 4.74 Å². The lowest BCUT2D eigenvalue weighted by Gasteiger charge is -2.54. The summed E-state index contributed by atoms with van der Waals surface area (Å²) < 4.78 is 11.2. The fourth-order valence-electron chi connectivity index (χ4n) is 5.79. The van der Waals surface area contributed by atoms with Gasteiger partial charge in [-0.05, 0) is 72.8 Å². The molecule has 2 aromatic rings. The summed E-state index contributed by atoms with van der Waals surface area (Å²) in [6.07, 6.45) is 5.83. The molecule has 1 saturated carbocycles. The molecule has 4 nitrogen and oxygen atoms in total. The van der Waals surface area contributed by atoms with E-state index >= 15 is 0 Å². The fourth-order valence-corrected chi connectivity index (χ4v) is 5.79. The number of hydrogen-bond acceptors (Lipinski definition) is 4. The van der Waals surface area contributed by atoms with Crippen molar-refractivity contribution >= 4 is 11.9 Å². The fraction of sp³-hybridized carbons (Fsp3) is 0.407. The van der Waals surface area contributed by atoms with Crippen LogP contribution in [0.4, 0.5) is 0 Å². The molecular weight excluding hydrogens is 388 g/mol. The average molecular weight is 419 g/mol. The Balaban J connectivity index is 1.60. The van der Waals surface area contributed by atoms with Gasteiger partial charge in [0.2, 0.25) is 0 Å². The van der Waals surface area contributed by atoms with Gasteiger partial charge in [-0.2, -0.15) is 0 Å². The van der Waals surface area contributed by atoms with E-state index in [1.165, 1.54) is 17.2 Å². The van der Waals surface area contributed by atoms with Gasteiger partial charge in [0.25, 0.3) is 0 Å². The summed E-state index contributed by atoms with van der Waals surface area (Å²) in [6, 6.07) is 15.7. The predicted molar refractivity (Wildman–Crippen MR) is 120 cm³/mol. The van der Waals surface area contributed by atoms with Gasteiger partial charge in [-0.1, -0.05) is 56.3 Å². The summed E-state index contributed by atoms with van der Waals surface area (Å²) in [5, 5.41) is 0. The zero-order chi connectivity index (χ0) is 22.1. The molecule has 2 aromatic carbocycles. The molecular formula is C27H30O4. The van der Waals surface area contributed by atoms with Crippen molar-refractivity contribution in [2.75, 3.05) is 0 Å². The zero-order valence-corrected chi connectivity index (χ0v) is 18.4. The quantitative estimate of drug-likeness (QED) is 0.364. The Morgan fingerprint density at radius 2 is 1.90 bits per heavy atom. The number of hydrogen-bond donors (Lipinski definition) is 0. The van der Waals surface area contributed by atoms with Crippen molar-refractivity contribution in [3.8, 4) is 5.75 Å². The molecule has 0 unspecified atom stereocenters. The maximum Gasteiger partial charge on any atom is 0.335 e. The highest BCUT2D eigenvalue weighted by molar-refractivity contribution is 5.83. The van der Waals surface area contributed by atoms with Gasteiger partial charge in [0, 0.05) is 6.08 Å². The van der Waals surface area contributed by atoms with Crippen LogP contribution >= 0.6 is 0 Å². The normalized spacial score (nSPS) is 26.8. The van der Waals surface area contributed by atoms with E-state index in [0.717, 1.165) is 37.7 Å². The predicted octanol–water partition coefficient (Wildman–Crippen LogP) is 5.53. The second-order valence-electron chi connectivity index (χ2n) is 9.29. The number of rotatable bonds is 5. The van der Waals surface area contributed by atoms with Gasteiger partial charge in [-0.25, -0.2) is 4.79 Å². The highest BCUT2D eigenvalue weighted by Gasteiger charge is 2.55. The van der Waals surface area contributed by atoms with E-state index in [9.17, 15) is 9.59 Å². The Morgan fingerprint density at radius 1 is 1.13 bits per heavy atom. The minimum atomic E-state index is -0.534. The standard InChI is InChI=1S/C27H30O4/c1-4-24(28)31-21-13-11-20-12-14-23-26(2,22(20)17-21)15-8-16-27(23,3)25(29)30-18-19-9-6-5-7-10-19/h4-7,9-11,13,17,23H,1,8,12,14-16,18H2,2-3H3/t23-,26-,27+/m1/s1. The molecule has 3 atom stereocenters. The van der Waals surface area contributed by atoms with Crippen molar-refractivity contribution < 1.29 is 19.1 Å². The Bertz CT molecular complexity index is 996. The molecule has 0 aromatic heterocycles. The Hall–Kier alpha value is -2.88. The third-order valence-electron chi connectivity index (χ3n) is 7.39. The first-order chi connectivity index (χ1) is 14.9. The smallest absolute Gasteiger partial charge is 0.335 e. The van der Waals surface area contributed by atoms with Crippen LogP contribution in [-0.2, 0) is 32.8 Å². The second kappa shape index (κ2) is 8.33. The molecule has 0 aliphatic heterocycles. The van der Waals surface area contributed by atoms with E-state index in [1.54, 1.807) is 0 Å². The number of ether oxygens (including phenoxy) is 2. The molecule has 1 fully saturated rings. The first kappa shape index (κ1) is 21.4. The molecule has 162 valence electrons. The largest absolute Gasteiger partial charge is 0.460 e. The molecule has 0 amide bonds. The van der Waals surface area contributed by atoms with Crippen LogP contribution in [0.25, 0.3) is 0 Å². The Morgan fingerprint density at radius 3 is 2.65 bits per heavy atom. The maximum atomic E-state index is 13.4. The van der Waals surface area contributed by atoms with Gasteiger partial charge < -0.3 is 9.47 Å². The van der Waals surface area contributed by atoms with Crippen molar-refractivity contribution in [3.63, 3.8) is 0 Å². The molecule has 0 bridgehead atoms. The average Bonchev–Trinajstić information content (AvgIpc) is 2.78. The number of esters is 2. The van der Waals surface area contributed by atoms with Crippen molar-refractivity contribution in [2.45, 2.75) is 58.0 Å².